The van der Waals surface area contributed by atoms with Gasteiger partial charge in [-0.05, 0) is 19.1 Å². The molecule has 1 aliphatic heterocycles. The number of benzene rings is 1. The van der Waals surface area contributed by atoms with Gasteiger partial charge >= 0.3 is 0 Å². The summed E-state index contributed by atoms with van der Waals surface area (Å²) in [5.41, 5.74) is 3.13. The van der Waals surface area contributed by atoms with Gasteiger partial charge in [-0.25, -0.2) is 0 Å². The van der Waals surface area contributed by atoms with E-state index in [2.05, 4.69) is 15.8 Å². The molecule has 0 radical (unpaired) electrons. The van der Waals surface area contributed by atoms with Crippen molar-refractivity contribution in [2.75, 3.05) is 10.7 Å². The molecule has 19 heavy (non-hydrogen) atoms. The van der Waals surface area contributed by atoms with Gasteiger partial charge in [-0.2, -0.15) is 15.6 Å². The minimum absolute atomic E-state index is 0.272. The molecule has 0 aromatic heterocycles. The van der Waals surface area contributed by atoms with E-state index in [1.807, 2.05) is 0 Å². The third-order valence-electron chi connectivity index (χ3n) is 2.45. The molecule has 0 saturated heterocycles. The van der Waals surface area contributed by atoms with Gasteiger partial charge in [-0.3, -0.25) is 10.2 Å². The van der Waals surface area contributed by atoms with Crippen LogP contribution in [0.1, 0.15) is 6.92 Å². The van der Waals surface area contributed by atoms with Gasteiger partial charge < -0.3 is 10.1 Å². The van der Waals surface area contributed by atoms with Crippen molar-refractivity contribution in [2.24, 2.45) is 5.10 Å². The summed E-state index contributed by atoms with van der Waals surface area (Å²) in [6.45, 7) is 1.64. The Morgan fingerprint density at radius 3 is 2.89 bits per heavy atom. The number of nitrogens with zero attached hydrogens (tertiary/aromatic N) is 3. The fourth-order valence-electron chi connectivity index (χ4n) is 1.51. The summed E-state index contributed by atoms with van der Waals surface area (Å²) in [6, 6.07) is 8.31. The zero-order valence-electron chi connectivity index (χ0n) is 9.97. The Morgan fingerprint density at radius 1 is 1.47 bits per heavy atom. The summed E-state index contributed by atoms with van der Waals surface area (Å²) in [5.74, 6) is 0.231. The minimum atomic E-state index is -0.569. The average Bonchev–Trinajstić information content (AvgIpc) is 2.41. The standard InChI is InChI=1S/C12H9N5O2/c1-7-12(18)15-11-9(3-2-4-10(11)19-7)17-16-8(5-13)6-14/h2-4,7,17H,1H3,(H,15,18). The molecule has 0 aliphatic carbocycles. The quantitative estimate of drug-likeness (QED) is 0.609. The topological polar surface area (TPSA) is 110 Å². The van der Waals surface area contributed by atoms with Crippen LogP contribution >= 0.6 is 0 Å². The minimum Gasteiger partial charge on any atom is -0.479 e. The maximum Gasteiger partial charge on any atom is 0.265 e. The lowest BCUT2D eigenvalue weighted by Crippen LogP contribution is -2.34. The normalized spacial score (nSPS) is 15.9. The molecule has 0 fully saturated rings. The van der Waals surface area contributed by atoms with E-state index in [9.17, 15) is 4.79 Å². The molecule has 1 aliphatic rings. The molecule has 1 heterocycles. The molecule has 7 nitrogen and oxygen atoms in total. The lowest BCUT2D eigenvalue weighted by atomic mass is 10.2. The van der Waals surface area contributed by atoms with Crippen LogP contribution in [0.2, 0.25) is 0 Å². The highest BCUT2D eigenvalue weighted by Gasteiger charge is 2.25. The van der Waals surface area contributed by atoms with Crippen LogP contribution < -0.4 is 15.5 Å². The first-order valence-electron chi connectivity index (χ1n) is 5.40. The number of amides is 1. The Kier molecular flexibility index (Phi) is 3.31. The van der Waals surface area contributed by atoms with Crippen LogP contribution in [0.4, 0.5) is 11.4 Å². The number of nitriles is 2. The molecule has 1 aromatic carbocycles. The van der Waals surface area contributed by atoms with Crippen molar-refractivity contribution in [3.8, 4) is 17.9 Å². The van der Waals surface area contributed by atoms with E-state index in [4.69, 9.17) is 15.3 Å². The first-order valence-corrected chi connectivity index (χ1v) is 5.40. The van der Waals surface area contributed by atoms with E-state index in [0.29, 0.717) is 17.1 Å². The molecule has 1 amide bonds. The Morgan fingerprint density at radius 2 is 2.21 bits per heavy atom. The van der Waals surface area contributed by atoms with Crippen molar-refractivity contribution in [3.63, 3.8) is 0 Å². The van der Waals surface area contributed by atoms with Crippen molar-refractivity contribution < 1.29 is 9.53 Å². The molecule has 1 aromatic rings. The van der Waals surface area contributed by atoms with Crippen molar-refractivity contribution in [1.29, 1.82) is 10.5 Å². The van der Waals surface area contributed by atoms with E-state index in [-0.39, 0.29) is 11.6 Å². The van der Waals surface area contributed by atoms with Crippen LogP contribution in [-0.2, 0) is 4.79 Å². The number of para-hydroxylation sites is 1. The maximum absolute atomic E-state index is 11.6. The lowest BCUT2D eigenvalue weighted by molar-refractivity contribution is -0.122. The Bertz CT molecular complexity index is 623. The highest BCUT2D eigenvalue weighted by molar-refractivity contribution is 6.10. The van der Waals surface area contributed by atoms with E-state index in [0.717, 1.165) is 0 Å². The number of anilines is 2. The number of nitrogens with one attached hydrogen (secondary N) is 2. The summed E-state index contributed by atoms with van der Waals surface area (Å²) in [4.78, 5) is 11.6. The molecule has 1 atom stereocenters. The predicted octanol–water partition coefficient (Wildman–Crippen LogP) is 1.22. The van der Waals surface area contributed by atoms with Gasteiger partial charge in [0, 0.05) is 0 Å². The molecular weight excluding hydrogens is 246 g/mol. The van der Waals surface area contributed by atoms with Gasteiger partial charge in [0.25, 0.3) is 5.91 Å². The molecule has 0 bridgehead atoms. The molecule has 0 spiro atoms. The Labute approximate surface area is 109 Å². The molecule has 94 valence electrons. The predicted molar refractivity (Wildman–Crippen MR) is 67.4 cm³/mol. The van der Waals surface area contributed by atoms with Crippen LogP contribution in [0.25, 0.3) is 0 Å². The number of ether oxygens (including phenoxy) is 1. The van der Waals surface area contributed by atoms with Crippen molar-refractivity contribution in [3.05, 3.63) is 18.2 Å². The third kappa shape index (κ3) is 2.45. The highest BCUT2D eigenvalue weighted by atomic mass is 16.5. The average molecular weight is 255 g/mol. The number of fused-ring (bicyclic) bond motifs is 1. The van der Waals surface area contributed by atoms with Gasteiger partial charge in [-0.15, -0.1) is 0 Å². The fraction of sp³-hybridized carbons (Fsp3) is 0.167. The summed E-state index contributed by atoms with van der Waals surface area (Å²) in [5, 5.41) is 23.5. The number of carbonyl (C=O) groups excluding carboxylic acids is 1. The van der Waals surface area contributed by atoms with Gasteiger partial charge in [-0.1, -0.05) is 6.07 Å². The van der Waals surface area contributed by atoms with Crippen LogP contribution in [0.5, 0.6) is 5.75 Å². The van der Waals surface area contributed by atoms with Crippen molar-refractivity contribution in [1.82, 2.24) is 0 Å². The number of carbonyl (C=O) groups is 1. The number of hydrogen-bond acceptors (Lipinski definition) is 6. The largest absolute Gasteiger partial charge is 0.479 e. The molecule has 0 saturated carbocycles. The number of rotatable bonds is 2. The van der Waals surface area contributed by atoms with E-state index in [1.54, 1.807) is 37.3 Å². The molecule has 1 unspecified atom stereocenters. The van der Waals surface area contributed by atoms with E-state index >= 15 is 0 Å². The Balaban J connectivity index is 2.32. The van der Waals surface area contributed by atoms with Gasteiger partial charge in [0.05, 0.1) is 5.69 Å². The second-order valence-corrected chi connectivity index (χ2v) is 3.72. The monoisotopic (exact) mass is 255 g/mol. The smallest absolute Gasteiger partial charge is 0.265 e. The first kappa shape index (κ1) is 12.4. The van der Waals surface area contributed by atoms with Crippen molar-refractivity contribution >= 4 is 23.0 Å². The van der Waals surface area contributed by atoms with E-state index in [1.165, 1.54) is 0 Å². The highest BCUT2D eigenvalue weighted by Crippen LogP contribution is 2.36. The summed E-state index contributed by atoms with van der Waals surface area (Å²) in [6.07, 6.45) is -0.569. The molecule has 2 N–H and O–H groups in total. The molecule has 7 heteroatoms. The van der Waals surface area contributed by atoms with Gasteiger partial charge in [0.15, 0.2) is 6.10 Å². The van der Waals surface area contributed by atoms with Gasteiger partial charge in [0.1, 0.15) is 23.6 Å². The number of hydrazone groups is 1. The second kappa shape index (κ2) is 5.07. The van der Waals surface area contributed by atoms with E-state index < -0.39 is 6.10 Å². The van der Waals surface area contributed by atoms with Crippen LogP contribution in [0, 0.1) is 22.7 Å². The molecular formula is C12H9N5O2. The summed E-state index contributed by atoms with van der Waals surface area (Å²) in [7, 11) is 0. The second-order valence-electron chi connectivity index (χ2n) is 3.72. The maximum atomic E-state index is 11.6. The van der Waals surface area contributed by atoms with Crippen LogP contribution in [0.3, 0.4) is 0 Å². The first-order chi connectivity index (χ1) is 9.15. The fourth-order valence-corrected chi connectivity index (χ4v) is 1.51. The molecule has 2 rings (SSSR count). The zero-order valence-corrected chi connectivity index (χ0v) is 9.97. The van der Waals surface area contributed by atoms with Gasteiger partial charge in [0.2, 0.25) is 5.71 Å². The van der Waals surface area contributed by atoms with Crippen LogP contribution in [-0.4, -0.2) is 17.7 Å². The third-order valence-corrected chi connectivity index (χ3v) is 2.45. The number of hydrogen-bond donors (Lipinski definition) is 2. The summed E-state index contributed by atoms with van der Waals surface area (Å²) < 4.78 is 5.41. The van der Waals surface area contributed by atoms with Crippen molar-refractivity contribution in [2.45, 2.75) is 13.0 Å². The zero-order chi connectivity index (χ0) is 13.8. The lowest BCUT2D eigenvalue weighted by Gasteiger charge is -2.24. The SMILES string of the molecule is CC1Oc2cccc(NN=C(C#N)C#N)c2NC1=O. The summed E-state index contributed by atoms with van der Waals surface area (Å²) >= 11 is 0. The van der Waals surface area contributed by atoms with Crippen LogP contribution in [0.15, 0.2) is 23.3 Å². The Hall–Kier alpha value is -3.06.